The summed E-state index contributed by atoms with van der Waals surface area (Å²) in [6, 6.07) is 7.84. The maximum Gasteiger partial charge on any atom is 0.138 e. The highest BCUT2D eigenvalue weighted by molar-refractivity contribution is 5.36. The van der Waals surface area contributed by atoms with Gasteiger partial charge >= 0.3 is 0 Å². The largest absolute Gasteiger partial charge is 0.494 e. The van der Waals surface area contributed by atoms with Crippen LogP contribution in [0, 0.1) is 0 Å². The maximum atomic E-state index is 5.66. The van der Waals surface area contributed by atoms with Gasteiger partial charge in [0.1, 0.15) is 18.4 Å². The lowest BCUT2D eigenvalue weighted by Crippen LogP contribution is -2.15. The fourth-order valence-corrected chi connectivity index (χ4v) is 1.61. The van der Waals surface area contributed by atoms with E-state index in [2.05, 4.69) is 29.1 Å². The third kappa shape index (κ3) is 3.56. The van der Waals surface area contributed by atoms with Gasteiger partial charge < -0.3 is 9.64 Å². The van der Waals surface area contributed by atoms with Crippen LogP contribution in [-0.2, 0) is 0 Å². The van der Waals surface area contributed by atoms with Crippen molar-refractivity contribution in [2.45, 2.75) is 6.42 Å². The molecule has 0 atom stereocenters. The highest BCUT2D eigenvalue weighted by Gasteiger charge is 1.98. The normalized spacial score (nSPS) is 10.8. The molecule has 1 aromatic carbocycles. The van der Waals surface area contributed by atoms with Crippen LogP contribution in [0.15, 0.2) is 36.9 Å². The predicted molar refractivity (Wildman–Crippen MR) is 70.0 cm³/mol. The molecule has 0 unspecified atom stereocenters. The topological polar surface area (TPSA) is 43.2 Å². The van der Waals surface area contributed by atoms with E-state index < -0.39 is 0 Å². The monoisotopic (exact) mass is 246 g/mol. The molecule has 0 fully saturated rings. The van der Waals surface area contributed by atoms with Crippen molar-refractivity contribution < 1.29 is 4.74 Å². The third-order valence-corrected chi connectivity index (χ3v) is 2.54. The first kappa shape index (κ1) is 12.6. The Morgan fingerprint density at radius 3 is 2.61 bits per heavy atom. The van der Waals surface area contributed by atoms with E-state index in [0.717, 1.165) is 31.0 Å². The van der Waals surface area contributed by atoms with Crippen molar-refractivity contribution in [1.29, 1.82) is 0 Å². The van der Waals surface area contributed by atoms with E-state index in [4.69, 9.17) is 4.74 Å². The van der Waals surface area contributed by atoms with Crippen LogP contribution in [0.1, 0.15) is 6.42 Å². The minimum absolute atomic E-state index is 0.737. The lowest BCUT2D eigenvalue weighted by atomic mass is 10.3. The molecule has 1 heterocycles. The minimum atomic E-state index is 0.737. The van der Waals surface area contributed by atoms with Gasteiger partial charge in [-0.2, -0.15) is 5.10 Å². The fraction of sp³-hybridized carbons (Fsp3) is 0.385. The quantitative estimate of drug-likeness (QED) is 0.726. The zero-order chi connectivity index (χ0) is 12.8. The van der Waals surface area contributed by atoms with E-state index in [0.29, 0.717) is 0 Å². The molecule has 0 saturated carbocycles. The molecule has 0 amide bonds. The van der Waals surface area contributed by atoms with Gasteiger partial charge in [-0.3, -0.25) is 0 Å². The van der Waals surface area contributed by atoms with Gasteiger partial charge in [0, 0.05) is 6.54 Å². The summed E-state index contributed by atoms with van der Waals surface area (Å²) in [5.41, 5.74) is 0.980. The molecule has 2 rings (SSSR count). The Hall–Kier alpha value is -1.88. The second-order valence-electron chi connectivity index (χ2n) is 4.34. The summed E-state index contributed by atoms with van der Waals surface area (Å²) in [6.07, 6.45) is 4.22. The van der Waals surface area contributed by atoms with Crippen molar-refractivity contribution in [1.82, 2.24) is 19.7 Å². The number of nitrogens with zero attached hydrogens (tertiary/aromatic N) is 4. The highest BCUT2D eigenvalue weighted by atomic mass is 16.5. The number of hydrogen-bond donors (Lipinski definition) is 0. The summed E-state index contributed by atoms with van der Waals surface area (Å²) in [6.45, 7) is 1.78. The fourth-order valence-electron chi connectivity index (χ4n) is 1.61. The van der Waals surface area contributed by atoms with E-state index >= 15 is 0 Å². The molecule has 2 aromatic rings. The number of aromatic nitrogens is 3. The zero-order valence-electron chi connectivity index (χ0n) is 10.8. The van der Waals surface area contributed by atoms with Crippen LogP contribution in [0.5, 0.6) is 5.75 Å². The van der Waals surface area contributed by atoms with Gasteiger partial charge in [0.15, 0.2) is 0 Å². The lowest BCUT2D eigenvalue weighted by Gasteiger charge is -2.10. The van der Waals surface area contributed by atoms with Crippen molar-refractivity contribution in [3.8, 4) is 11.4 Å². The Bertz CT molecular complexity index is 450. The van der Waals surface area contributed by atoms with Crippen LogP contribution in [0.2, 0.25) is 0 Å². The van der Waals surface area contributed by atoms with Crippen LogP contribution >= 0.6 is 0 Å². The second kappa shape index (κ2) is 6.16. The van der Waals surface area contributed by atoms with Gasteiger partial charge in [0.05, 0.1) is 12.3 Å². The molecular formula is C13H18N4O. The first-order valence-corrected chi connectivity index (χ1v) is 5.98. The Morgan fingerprint density at radius 2 is 2.00 bits per heavy atom. The van der Waals surface area contributed by atoms with Crippen molar-refractivity contribution in [3.63, 3.8) is 0 Å². The Balaban J connectivity index is 1.84. The maximum absolute atomic E-state index is 5.66. The van der Waals surface area contributed by atoms with Crippen LogP contribution in [0.25, 0.3) is 5.69 Å². The third-order valence-electron chi connectivity index (χ3n) is 2.54. The Morgan fingerprint density at radius 1 is 1.22 bits per heavy atom. The molecule has 0 bridgehead atoms. The highest BCUT2D eigenvalue weighted by Crippen LogP contribution is 2.14. The summed E-state index contributed by atoms with van der Waals surface area (Å²) in [4.78, 5) is 6.06. The summed E-state index contributed by atoms with van der Waals surface area (Å²) >= 11 is 0. The molecule has 0 aliphatic heterocycles. The van der Waals surface area contributed by atoms with Crippen LogP contribution in [-0.4, -0.2) is 46.9 Å². The molecular weight excluding hydrogens is 228 g/mol. The van der Waals surface area contributed by atoms with E-state index in [-0.39, 0.29) is 0 Å². The zero-order valence-corrected chi connectivity index (χ0v) is 10.8. The smallest absolute Gasteiger partial charge is 0.138 e. The Labute approximate surface area is 107 Å². The molecule has 0 aliphatic rings. The second-order valence-corrected chi connectivity index (χ2v) is 4.34. The number of ether oxygens (including phenoxy) is 1. The first-order chi connectivity index (χ1) is 8.75. The summed E-state index contributed by atoms with van der Waals surface area (Å²) in [5.74, 6) is 0.887. The summed E-state index contributed by atoms with van der Waals surface area (Å²) in [5, 5.41) is 4.07. The summed E-state index contributed by atoms with van der Waals surface area (Å²) in [7, 11) is 4.12. The average molecular weight is 246 g/mol. The molecule has 18 heavy (non-hydrogen) atoms. The molecule has 1 aromatic heterocycles. The molecule has 0 N–H and O–H groups in total. The molecule has 5 heteroatoms. The number of rotatable bonds is 6. The molecule has 0 saturated heterocycles. The van der Waals surface area contributed by atoms with Crippen molar-refractivity contribution in [2.24, 2.45) is 0 Å². The van der Waals surface area contributed by atoms with Crippen molar-refractivity contribution in [2.75, 3.05) is 27.2 Å². The van der Waals surface area contributed by atoms with Gasteiger partial charge in [0.25, 0.3) is 0 Å². The first-order valence-electron chi connectivity index (χ1n) is 5.98. The Kier molecular flexibility index (Phi) is 4.30. The van der Waals surface area contributed by atoms with E-state index in [1.165, 1.54) is 6.33 Å². The van der Waals surface area contributed by atoms with Gasteiger partial charge in [-0.1, -0.05) is 0 Å². The SMILES string of the molecule is CN(C)CCCOc1ccc(-n2cncn2)cc1. The van der Waals surface area contributed by atoms with Crippen molar-refractivity contribution in [3.05, 3.63) is 36.9 Å². The molecule has 0 aliphatic carbocycles. The standard InChI is InChI=1S/C13H18N4O/c1-16(2)8-3-9-18-13-6-4-12(5-7-13)17-11-14-10-15-17/h4-7,10-11H,3,8-9H2,1-2H3. The minimum Gasteiger partial charge on any atom is -0.494 e. The van der Waals surface area contributed by atoms with E-state index in [9.17, 15) is 0 Å². The van der Waals surface area contributed by atoms with Gasteiger partial charge in [-0.15, -0.1) is 0 Å². The molecule has 0 spiro atoms. The molecule has 0 radical (unpaired) electrons. The number of hydrogen-bond acceptors (Lipinski definition) is 4. The van der Waals surface area contributed by atoms with Crippen molar-refractivity contribution >= 4 is 0 Å². The average Bonchev–Trinajstić information content (AvgIpc) is 2.89. The van der Waals surface area contributed by atoms with Gasteiger partial charge in [-0.05, 0) is 44.8 Å². The number of benzene rings is 1. The summed E-state index contributed by atoms with van der Waals surface area (Å²) < 4.78 is 7.37. The van der Waals surface area contributed by atoms with E-state index in [1.807, 2.05) is 24.3 Å². The van der Waals surface area contributed by atoms with Crippen LogP contribution in [0.4, 0.5) is 0 Å². The lowest BCUT2D eigenvalue weighted by molar-refractivity contribution is 0.281. The van der Waals surface area contributed by atoms with Gasteiger partial charge in [0.2, 0.25) is 0 Å². The molecule has 5 nitrogen and oxygen atoms in total. The van der Waals surface area contributed by atoms with Gasteiger partial charge in [-0.25, -0.2) is 9.67 Å². The van der Waals surface area contributed by atoms with Crippen LogP contribution in [0.3, 0.4) is 0 Å². The van der Waals surface area contributed by atoms with E-state index in [1.54, 1.807) is 11.0 Å². The molecule has 96 valence electrons. The van der Waals surface area contributed by atoms with Crippen LogP contribution < -0.4 is 4.74 Å². The predicted octanol–water partition coefficient (Wildman–Crippen LogP) is 1.60.